The summed E-state index contributed by atoms with van der Waals surface area (Å²) in [5.41, 5.74) is 0.942. The number of hydrogen-bond donors (Lipinski definition) is 1. The maximum Gasteiger partial charge on any atom is 0.321 e. The highest BCUT2D eigenvalue weighted by Crippen LogP contribution is 2.18. The zero-order valence-corrected chi connectivity index (χ0v) is 13.9. The number of carbonyl (C=O) groups is 2. The van der Waals surface area contributed by atoms with Gasteiger partial charge in [-0.25, -0.2) is 4.79 Å². The van der Waals surface area contributed by atoms with Crippen molar-refractivity contribution in [1.29, 1.82) is 0 Å². The van der Waals surface area contributed by atoms with Crippen LogP contribution in [0.5, 0.6) is 0 Å². The van der Waals surface area contributed by atoms with Gasteiger partial charge in [0.15, 0.2) is 0 Å². The molecule has 23 heavy (non-hydrogen) atoms. The lowest BCUT2D eigenvalue weighted by molar-refractivity contribution is -0.149. The van der Waals surface area contributed by atoms with Gasteiger partial charge in [-0.05, 0) is 43.5 Å². The molecule has 0 spiro atoms. The smallest absolute Gasteiger partial charge is 0.321 e. The minimum absolute atomic E-state index is 0.204. The molecular weight excluding hydrogens is 316 g/mol. The Labute approximate surface area is 141 Å². The minimum atomic E-state index is -0.227. The number of hydrogen-bond acceptors (Lipinski definition) is 3. The fourth-order valence-corrected chi connectivity index (χ4v) is 2.61. The van der Waals surface area contributed by atoms with E-state index in [4.69, 9.17) is 16.3 Å². The predicted octanol–water partition coefficient (Wildman–Crippen LogP) is 3.30. The molecule has 1 N–H and O–H groups in total. The van der Waals surface area contributed by atoms with Crippen molar-refractivity contribution in [2.75, 3.05) is 19.7 Å². The van der Waals surface area contributed by atoms with Crippen LogP contribution < -0.4 is 5.32 Å². The highest BCUT2D eigenvalue weighted by Gasteiger charge is 2.28. The summed E-state index contributed by atoms with van der Waals surface area (Å²) in [5.74, 6) is -0.448. The van der Waals surface area contributed by atoms with Gasteiger partial charge in [-0.2, -0.15) is 0 Å². The third kappa shape index (κ3) is 5.28. The van der Waals surface area contributed by atoms with E-state index in [1.165, 1.54) is 0 Å². The molecule has 1 fully saturated rings. The van der Waals surface area contributed by atoms with Gasteiger partial charge in [-0.3, -0.25) is 4.79 Å². The molecule has 2 amide bonds. The maximum atomic E-state index is 12.2. The van der Waals surface area contributed by atoms with E-state index >= 15 is 0 Å². The predicted molar refractivity (Wildman–Crippen MR) is 89.9 cm³/mol. The van der Waals surface area contributed by atoms with E-state index in [9.17, 15) is 9.59 Å². The van der Waals surface area contributed by atoms with Crippen molar-refractivity contribution in [3.05, 3.63) is 41.1 Å². The highest BCUT2D eigenvalue weighted by atomic mass is 35.5. The third-order valence-corrected chi connectivity index (χ3v) is 3.93. The molecular formula is C17H21ClN2O3. The summed E-state index contributed by atoms with van der Waals surface area (Å²) in [6.07, 6.45) is 4.96. The van der Waals surface area contributed by atoms with Crippen LogP contribution in [-0.2, 0) is 9.53 Å². The van der Waals surface area contributed by atoms with E-state index in [2.05, 4.69) is 5.32 Å². The Kier molecular flexibility index (Phi) is 6.47. The van der Waals surface area contributed by atoms with E-state index < -0.39 is 0 Å². The summed E-state index contributed by atoms with van der Waals surface area (Å²) in [6.45, 7) is 3.20. The van der Waals surface area contributed by atoms with Crippen LogP contribution in [0.25, 0.3) is 6.08 Å². The first-order chi connectivity index (χ1) is 11.1. The molecule has 6 heteroatoms. The molecule has 1 aliphatic heterocycles. The molecule has 1 unspecified atom stereocenters. The highest BCUT2D eigenvalue weighted by molar-refractivity contribution is 6.30. The van der Waals surface area contributed by atoms with Crippen LogP contribution in [0.4, 0.5) is 4.79 Å². The monoisotopic (exact) mass is 336 g/mol. The Balaban J connectivity index is 1.85. The number of piperidine rings is 1. The molecule has 1 aromatic rings. The molecule has 1 aliphatic rings. The molecule has 1 aromatic carbocycles. The number of esters is 1. The summed E-state index contributed by atoms with van der Waals surface area (Å²) in [5, 5.41) is 3.40. The Morgan fingerprint density at radius 3 is 2.83 bits per heavy atom. The van der Waals surface area contributed by atoms with Crippen LogP contribution in [0.3, 0.4) is 0 Å². The zero-order chi connectivity index (χ0) is 16.7. The summed E-state index contributed by atoms with van der Waals surface area (Å²) in [7, 11) is 0. The zero-order valence-electron chi connectivity index (χ0n) is 13.1. The average Bonchev–Trinajstić information content (AvgIpc) is 2.57. The second-order valence-electron chi connectivity index (χ2n) is 5.37. The van der Waals surface area contributed by atoms with Crippen LogP contribution in [0.15, 0.2) is 30.5 Å². The van der Waals surface area contributed by atoms with E-state index in [-0.39, 0.29) is 17.9 Å². The van der Waals surface area contributed by atoms with Gasteiger partial charge in [-0.15, -0.1) is 0 Å². The van der Waals surface area contributed by atoms with Crippen LogP contribution in [0, 0.1) is 5.92 Å². The van der Waals surface area contributed by atoms with E-state index in [1.807, 2.05) is 12.1 Å². The molecule has 5 nitrogen and oxygen atoms in total. The van der Waals surface area contributed by atoms with Gasteiger partial charge in [-0.1, -0.05) is 23.7 Å². The number of carbonyl (C=O) groups excluding carboxylic acids is 2. The normalized spacial score (nSPS) is 18.0. The lowest BCUT2D eigenvalue weighted by Gasteiger charge is -2.31. The van der Waals surface area contributed by atoms with Gasteiger partial charge < -0.3 is 15.0 Å². The average molecular weight is 337 g/mol. The number of amides is 2. The Morgan fingerprint density at radius 2 is 2.13 bits per heavy atom. The SMILES string of the molecule is CCOC(=O)C1CCCN(C(=O)N/C=C/c2ccc(Cl)cc2)C1. The van der Waals surface area contributed by atoms with E-state index in [0.29, 0.717) is 24.7 Å². The number of likely N-dealkylation sites (tertiary alicyclic amines) is 1. The number of benzene rings is 1. The first kappa shape index (κ1) is 17.3. The van der Waals surface area contributed by atoms with Crippen molar-refractivity contribution >= 4 is 29.7 Å². The van der Waals surface area contributed by atoms with Gasteiger partial charge in [0, 0.05) is 24.3 Å². The molecule has 1 atom stereocenters. The molecule has 124 valence electrons. The Hall–Kier alpha value is -2.01. The molecule has 0 aromatic heterocycles. The van der Waals surface area contributed by atoms with Crippen molar-refractivity contribution in [2.45, 2.75) is 19.8 Å². The number of ether oxygens (including phenoxy) is 1. The topological polar surface area (TPSA) is 58.6 Å². The number of nitrogens with one attached hydrogen (secondary N) is 1. The molecule has 2 rings (SSSR count). The number of rotatable bonds is 4. The summed E-state index contributed by atoms with van der Waals surface area (Å²) in [4.78, 5) is 25.6. The van der Waals surface area contributed by atoms with Crippen LogP contribution >= 0.6 is 11.6 Å². The van der Waals surface area contributed by atoms with Crippen LogP contribution in [0.2, 0.25) is 5.02 Å². The van der Waals surface area contributed by atoms with Crippen molar-refractivity contribution in [2.24, 2.45) is 5.92 Å². The number of halogens is 1. The third-order valence-electron chi connectivity index (χ3n) is 3.68. The lowest BCUT2D eigenvalue weighted by Crippen LogP contribution is -2.46. The molecule has 0 aliphatic carbocycles. The maximum absolute atomic E-state index is 12.2. The first-order valence-corrected chi connectivity index (χ1v) is 8.12. The van der Waals surface area contributed by atoms with Gasteiger partial charge in [0.05, 0.1) is 12.5 Å². The van der Waals surface area contributed by atoms with E-state index in [1.54, 1.807) is 36.2 Å². The second-order valence-corrected chi connectivity index (χ2v) is 5.81. The lowest BCUT2D eigenvalue weighted by atomic mass is 9.98. The van der Waals surface area contributed by atoms with Crippen LogP contribution in [-0.4, -0.2) is 36.6 Å². The van der Waals surface area contributed by atoms with Gasteiger partial charge in [0.25, 0.3) is 0 Å². The molecule has 1 saturated heterocycles. The van der Waals surface area contributed by atoms with E-state index in [0.717, 1.165) is 18.4 Å². The standard InChI is InChI=1S/C17H21ClN2O3/c1-2-23-16(21)14-4-3-11-20(12-14)17(22)19-10-9-13-5-7-15(18)8-6-13/h5-10,14H,2-4,11-12H2,1H3,(H,19,22)/b10-9+. The molecule has 1 heterocycles. The largest absolute Gasteiger partial charge is 0.466 e. The Morgan fingerprint density at radius 1 is 1.39 bits per heavy atom. The summed E-state index contributed by atoms with van der Waals surface area (Å²) >= 11 is 5.82. The first-order valence-electron chi connectivity index (χ1n) is 7.74. The molecule has 0 bridgehead atoms. The number of nitrogens with zero attached hydrogens (tertiary/aromatic N) is 1. The van der Waals surface area contributed by atoms with Gasteiger partial charge in [0.2, 0.25) is 0 Å². The van der Waals surface area contributed by atoms with Crippen LogP contribution in [0.1, 0.15) is 25.3 Å². The molecule has 0 saturated carbocycles. The van der Waals surface area contributed by atoms with Crippen molar-refractivity contribution in [3.63, 3.8) is 0 Å². The van der Waals surface area contributed by atoms with Gasteiger partial charge >= 0.3 is 12.0 Å². The van der Waals surface area contributed by atoms with Crippen molar-refractivity contribution in [3.8, 4) is 0 Å². The van der Waals surface area contributed by atoms with Crippen molar-refractivity contribution in [1.82, 2.24) is 10.2 Å². The number of urea groups is 1. The second kappa shape index (κ2) is 8.58. The quantitative estimate of drug-likeness (QED) is 0.858. The fraction of sp³-hybridized carbons (Fsp3) is 0.412. The molecule has 0 radical (unpaired) electrons. The summed E-state index contributed by atoms with van der Waals surface area (Å²) < 4.78 is 5.04. The van der Waals surface area contributed by atoms with Crippen molar-refractivity contribution < 1.29 is 14.3 Å². The summed E-state index contributed by atoms with van der Waals surface area (Å²) in [6, 6.07) is 7.10. The minimum Gasteiger partial charge on any atom is -0.466 e. The van der Waals surface area contributed by atoms with Gasteiger partial charge in [0.1, 0.15) is 0 Å². The Bertz CT molecular complexity index is 572. The fourth-order valence-electron chi connectivity index (χ4n) is 2.49.